The molecule has 1 N–H and O–H groups in total. The zero-order valence-electron chi connectivity index (χ0n) is 13.1. The Morgan fingerprint density at radius 2 is 1.28 bits per heavy atom. The summed E-state index contributed by atoms with van der Waals surface area (Å²) in [6.07, 6.45) is -4.33. The summed E-state index contributed by atoms with van der Waals surface area (Å²) in [5, 5.41) is 0.553. The maximum Gasteiger partial charge on any atom is 0.416 e. The average molecular weight is 337 g/mol. The molecule has 0 bridgehead atoms. The highest BCUT2D eigenvalue weighted by Gasteiger charge is 2.30. The van der Waals surface area contributed by atoms with Crippen LogP contribution in [0, 0.1) is 0 Å². The van der Waals surface area contributed by atoms with Crippen molar-refractivity contribution < 1.29 is 13.2 Å². The predicted molar refractivity (Wildman–Crippen MR) is 94.2 cm³/mol. The molecule has 0 unspecified atom stereocenters. The van der Waals surface area contributed by atoms with Gasteiger partial charge in [0.05, 0.1) is 5.56 Å². The van der Waals surface area contributed by atoms with Gasteiger partial charge in [0.25, 0.3) is 0 Å². The summed E-state index contributed by atoms with van der Waals surface area (Å²) in [5.41, 5.74) is 4.01. The van der Waals surface area contributed by atoms with Gasteiger partial charge < -0.3 is 4.98 Å². The fraction of sp³-hybridized carbons (Fsp3) is 0.0476. The molecule has 4 rings (SSSR count). The SMILES string of the molecule is FC(F)(F)c1ccc2[nH]c(-c3ccc(-c4ccccc4)cc3)cc2c1. The Labute approximate surface area is 142 Å². The van der Waals surface area contributed by atoms with Crippen molar-refractivity contribution in [1.29, 1.82) is 0 Å². The first-order valence-corrected chi connectivity index (χ1v) is 7.86. The number of alkyl halides is 3. The van der Waals surface area contributed by atoms with Crippen molar-refractivity contribution in [2.24, 2.45) is 0 Å². The molecule has 0 aliphatic heterocycles. The highest BCUT2D eigenvalue weighted by atomic mass is 19.4. The molecular weight excluding hydrogens is 323 g/mol. The van der Waals surface area contributed by atoms with Crippen molar-refractivity contribution in [3.8, 4) is 22.4 Å². The average Bonchev–Trinajstić information content (AvgIpc) is 3.05. The molecule has 0 radical (unpaired) electrons. The first-order valence-electron chi connectivity index (χ1n) is 7.86. The van der Waals surface area contributed by atoms with Gasteiger partial charge in [0.1, 0.15) is 0 Å². The van der Waals surface area contributed by atoms with Crippen molar-refractivity contribution in [2.45, 2.75) is 6.18 Å². The molecule has 124 valence electrons. The summed E-state index contributed by atoms with van der Waals surface area (Å²) in [4.78, 5) is 3.18. The minimum Gasteiger partial charge on any atom is -0.355 e. The Balaban J connectivity index is 1.70. The van der Waals surface area contributed by atoms with Gasteiger partial charge in [0, 0.05) is 16.6 Å². The van der Waals surface area contributed by atoms with E-state index >= 15 is 0 Å². The molecule has 0 aliphatic rings. The van der Waals surface area contributed by atoms with Gasteiger partial charge in [-0.05, 0) is 41.0 Å². The predicted octanol–water partition coefficient (Wildman–Crippen LogP) is 6.52. The Morgan fingerprint density at radius 1 is 0.640 bits per heavy atom. The number of H-pyrrole nitrogens is 1. The van der Waals surface area contributed by atoms with Crippen LogP contribution in [0.5, 0.6) is 0 Å². The lowest BCUT2D eigenvalue weighted by Crippen LogP contribution is -2.03. The van der Waals surface area contributed by atoms with Crippen molar-refractivity contribution in [1.82, 2.24) is 4.98 Å². The molecule has 4 aromatic rings. The van der Waals surface area contributed by atoms with E-state index in [1.54, 1.807) is 6.07 Å². The van der Waals surface area contributed by atoms with Crippen molar-refractivity contribution >= 4 is 10.9 Å². The van der Waals surface area contributed by atoms with Gasteiger partial charge in [-0.2, -0.15) is 13.2 Å². The van der Waals surface area contributed by atoms with E-state index in [0.29, 0.717) is 10.9 Å². The number of rotatable bonds is 2. The first kappa shape index (κ1) is 15.5. The molecule has 0 saturated carbocycles. The number of hydrogen-bond acceptors (Lipinski definition) is 0. The van der Waals surface area contributed by atoms with Gasteiger partial charge >= 0.3 is 6.18 Å². The van der Waals surface area contributed by atoms with Gasteiger partial charge in [-0.15, -0.1) is 0 Å². The number of nitrogens with one attached hydrogen (secondary N) is 1. The number of benzene rings is 3. The molecule has 3 aromatic carbocycles. The summed E-state index contributed by atoms with van der Waals surface area (Å²) in [7, 11) is 0. The summed E-state index contributed by atoms with van der Waals surface area (Å²) in [5.74, 6) is 0. The molecule has 1 aromatic heterocycles. The fourth-order valence-corrected chi connectivity index (χ4v) is 2.94. The van der Waals surface area contributed by atoms with Gasteiger partial charge in [-0.25, -0.2) is 0 Å². The lowest BCUT2D eigenvalue weighted by atomic mass is 10.0. The molecule has 0 spiro atoms. The summed E-state index contributed by atoms with van der Waals surface area (Å²) in [6, 6.07) is 23.5. The monoisotopic (exact) mass is 337 g/mol. The molecule has 4 heteroatoms. The van der Waals surface area contributed by atoms with E-state index in [1.807, 2.05) is 54.6 Å². The molecule has 0 fully saturated rings. The van der Waals surface area contributed by atoms with E-state index in [4.69, 9.17) is 0 Å². The molecule has 0 atom stereocenters. The zero-order chi connectivity index (χ0) is 17.4. The number of aromatic amines is 1. The minimum atomic E-state index is -4.33. The summed E-state index contributed by atoms with van der Waals surface area (Å²) in [6.45, 7) is 0. The largest absolute Gasteiger partial charge is 0.416 e. The third-order valence-electron chi connectivity index (χ3n) is 4.25. The molecule has 0 aliphatic carbocycles. The van der Waals surface area contributed by atoms with E-state index in [1.165, 1.54) is 12.1 Å². The van der Waals surface area contributed by atoms with E-state index < -0.39 is 11.7 Å². The Kier molecular flexibility index (Phi) is 3.61. The highest BCUT2D eigenvalue weighted by Crippen LogP contribution is 2.33. The quantitative estimate of drug-likeness (QED) is 0.428. The van der Waals surface area contributed by atoms with Crippen molar-refractivity contribution in [2.75, 3.05) is 0 Å². The van der Waals surface area contributed by atoms with Crippen molar-refractivity contribution in [3.63, 3.8) is 0 Å². The van der Waals surface area contributed by atoms with E-state index in [0.717, 1.165) is 28.5 Å². The van der Waals surface area contributed by atoms with Crippen LogP contribution in [0.2, 0.25) is 0 Å². The second-order valence-electron chi connectivity index (χ2n) is 5.93. The van der Waals surface area contributed by atoms with Gasteiger partial charge in [-0.1, -0.05) is 54.6 Å². The van der Waals surface area contributed by atoms with Crippen LogP contribution in [0.25, 0.3) is 33.3 Å². The van der Waals surface area contributed by atoms with Crippen LogP contribution in [0.1, 0.15) is 5.56 Å². The molecule has 1 heterocycles. The Hall–Kier alpha value is -3.01. The smallest absolute Gasteiger partial charge is 0.355 e. The normalized spacial score (nSPS) is 11.8. The standard InChI is InChI=1S/C21H14F3N/c22-21(23,24)18-10-11-19-17(12-18)13-20(25-19)16-8-6-15(7-9-16)14-4-2-1-3-5-14/h1-13,25H. The minimum absolute atomic E-state index is 0.553. The number of halogens is 3. The van der Waals surface area contributed by atoms with Crippen LogP contribution in [0.3, 0.4) is 0 Å². The third kappa shape index (κ3) is 3.03. The van der Waals surface area contributed by atoms with Gasteiger partial charge in [-0.3, -0.25) is 0 Å². The van der Waals surface area contributed by atoms with E-state index in [9.17, 15) is 13.2 Å². The lowest BCUT2D eigenvalue weighted by molar-refractivity contribution is -0.137. The summed E-state index contributed by atoms with van der Waals surface area (Å²) < 4.78 is 38.5. The van der Waals surface area contributed by atoms with Crippen LogP contribution in [0.4, 0.5) is 13.2 Å². The molecule has 25 heavy (non-hydrogen) atoms. The molecule has 1 nitrogen and oxygen atoms in total. The zero-order valence-corrected chi connectivity index (χ0v) is 13.1. The topological polar surface area (TPSA) is 15.8 Å². The van der Waals surface area contributed by atoms with Crippen LogP contribution in [-0.4, -0.2) is 4.98 Å². The summed E-state index contributed by atoms with van der Waals surface area (Å²) >= 11 is 0. The van der Waals surface area contributed by atoms with Crippen LogP contribution in [-0.2, 0) is 6.18 Å². The lowest BCUT2D eigenvalue weighted by Gasteiger charge is -2.05. The van der Waals surface area contributed by atoms with Crippen LogP contribution >= 0.6 is 0 Å². The van der Waals surface area contributed by atoms with E-state index in [-0.39, 0.29) is 0 Å². The highest BCUT2D eigenvalue weighted by molar-refractivity contribution is 5.86. The Morgan fingerprint density at radius 3 is 1.96 bits per heavy atom. The third-order valence-corrected chi connectivity index (χ3v) is 4.25. The van der Waals surface area contributed by atoms with Crippen LogP contribution in [0.15, 0.2) is 78.9 Å². The second-order valence-corrected chi connectivity index (χ2v) is 5.93. The molecule has 0 saturated heterocycles. The van der Waals surface area contributed by atoms with Gasteiger partial charge in [0.15, 0.2) is 0 Å². The maximum absolute atomic E-state index is 12.8. The van der Waals surface area contributed by atoms with Crippen LogP contribution < -0.4 is 0 Å². The first-order chi connectivity index (χ1) is 12.0. The number of fused-ring (bicyclic) bond motifs is 1. The number of hydrogen-bond donors (Lipinski definition) is 1. The van der Waals surface area contributed by atoms with Gasteiger partial charge in [0.2, 0.25) is 0 Å². The van der Waals surface area contributed by atoms with Crippen molar-refractivity contribution in [3.05, 3.63) is 84.4 Å². The maximum atomic E-state index is 12.8. The van der Waals surface area contributed by atoms with E-state index in [2.05, 4.69) is 4.98 Å². The Bertz CT molecular complexity index is 1010. The fourth-order valence-electron chi connectivity index (χ4n) is 2.94. The molecular formula is C21H14F3N. The second kappa shape index (κ2) is 5.81. The number of aromatic nitrogens is 1. The molecule has 0 amide bonds.